The summed E-state index contributed by atoms with van der Waals surface area (Å²) >= 11 is 0. The molecule has 2 rings (SSSR count). The first-order chi connectivity index (χ1) is 9.49. The molecule has 0 spiro atoms. The molecule has 1 atom stereocenters. The fraction of sp³-hybridized carbons (Fsp3) is 0.500. The van der Waals surface area contributed by atoms with Crippen molar-refractivity contribution in [1.29, 1.82) is 0 Å². The van der Waals surface area contributed by atoms with Crippen molar-refractivity contribution in [1.82, 2.24) is 4.90 Å². The van der Waals surface area contributed by atoms with Crippen LogP contribution >= 0.6 is 0 Å². The maximum atomic E-state index is 12.6. The number of carboxylic acid groups (broad SMARTS) is 1. The predicted octanol–water partition coefficient (Wildman–Crippen LogP) is 2.63. The van der Waals surface area contributed by atoms with Crippen LogP contribution in [-0.4, -0.2) is 35.0 Å². The minimum atomic E-state index is -0.781. The lowest BCUT2D eigenvalue weighted by molar-refractivity contribution is -0.138. The summed E-state index contributed by atoms with van der Waals surface area (Å²) in [6, 6.07) is 5.75. The Morgan fingerprint density at radius 1 is 1.35 bits per heavy atom. The molecular weight excluding hydrogens is 254 g/mol. The summed E-state index contributed by atoms with van der Waals surface area (Å²) in [5, 5.41) is 8.88. The molecule has 4 heteroatoms. The van der Waals surface area contributed by atoms with Crippen LogP contribution in [0.15, 0.2) is 18.2 Å². The molecule has 1 saturated heterocycles. The number of carboxylic acids is 1. The van der Waals surface area contributed by atoms with Gasteiger partial charge >= 0.3 is 5.97 Å². The molecular formula is C16H21NO3. The van der Waals surface area contributed by atoms with E-state index in [4.69, 9.17) is 5.11 Å². The summed E-state index contributed by atoms with van der Waals surface area (Å²) in [6.07, 6.45) is 1.92. The van der Waals surface area contributed by atoms with Crippen molar-refractivity contribution in [2.24, 2.45) is 5.92 Å². The van der Waals surface area contributed by atoms with E-state index < -0.39 is 5.97 Å². The number of likely N-dealkylation sites (tertiary alicyclic amines) is 1. The third-order valence-corrected chi connectivity index (χ3v) is 4.10. The molecule has 1 aromatic carbocycles. The number of nitrogens with zero attached hydrogens (tertiary/aromatic N) is 1. The van der Waals surface area contributed by atoms with Crippen LogP contribution in [0, 0.1) is 19.8 Å². The Morgan fingerprint density at radius 2 is 2.10 bits per heavy atom. The number of aliphatic carboxylic acids is 1. The molecule has 0 bridgehead atoms. The zero-order valence-electron chi connectivity index (χ0n) is 12.1. The van der Waals surface area contributed by atoms with E-state index in [1.54, 1.807) is 4.90 Å². The zero-order chi connectivity index (χ0) is 14.7. The smallest absolute Gasteiger partial charge is 0.303 e. The van der Waals surface area contributed by atoms with Crippen LogP contribution in [0.4, 0.5) is 0 Å². The van der Waals surface area contributed by atoms with Crippen LogP contribution < -0.4 is 0 Å². The monoisotopic (exact) mass is 275 g/mol. The van der Waals surface area contributed by atoms with Gasteiger partial charge in [-0.05, 0) is 49.8 Å². The number of carbonyl (C=O) groups is 2. The van der Waals surface area contributed by atoms with Gasteiger partial charge in [0.05, 0.1) is 0 Å². The Balaban J connectivity index is 2.12. The number of amides is 1. The number of piperidine rings is 1. The summed E-state index contributed by atoms with van der Waals surface area (Å²) in [5.41, 5.74) is 2.86. The van der Waals surface area contributed by atoms with Gasteiger partial charge in [0, 0.05) is 25.1 Å². The summed E-state index contributed by atoms with van der Waals surface area (Å²) in [4.78, 5) is 25.2. The van der Waals surface area contributed by atoms with Crippen molar-refractivity contribution in [3.05, 3.63) is 34.9 Å². The van der Waals surface area contributed by atoms with Gasteiger partial charge < -0.3 is 10.0 Å². The molecule has 1 amide bonds. The predicted molar refractivity (Wildman–Crippen MR) is 76.8 cm³/mol. The maximum absolute atomic E-state index is 12.6. The average molecular weight is 275 g/mol. The van der Waals surface area contributed by atoms with Crippen LogP contribution in [-0.2, 0) is 4.79 Å². The second-order valence-corrected chi connectivity index (χ2v) is 5.60. The Labute approximate surface area is 119 Å². The Bertz CT molecular complexity index is 524. The van der Waals surface area contributed by atoms with Gasteiger partial charge in [-0.2, -0.15) is 0 Å². The van der Waals surface area contributed by atoms with Crippen LogP contribution in [0.2, 0.25) is 0 Å². The largest absolute Gasteiger partial charge is 0.481 e. The topological polar surface area (TPSA) is 57.6 Å². The first-order valence-corrected chi connectivity index (χ1v) is 7.06. The fourth-order valence-electron chi connectivity index (χ4n) is 2.82. The first-order valence-electron chi connectivity index (χ1n) is 7.06. The van der Waals surface area contributed by atoms with Crippen molar-refractivity contribution in [2.45, 2.75) is 33.1 Å². The van der Waals surface area contributed by atoms with E-state index in [2.05, 4.69) is 0 Å². The van der Waals surface area contributed by atoms with E-state index in [1.807, 2.05) is 32.0 Å². The number of aryl methyl sites for hydroxylation is 1. The molecule has 1 aliphatic heterocycles. The van der Waals surface area contributed by atoms with Gasteiger partial charge in [-0.1, -0.05) is 12.1 Å². The minimum absolute atomic E-state index is 0.0290. The Hall–Kier alpha value is -1.84. The van der Waals surface area contributed by atoms with Crippen molar-refractivity contribution < 1.29 is 14.7 Å². The van der Waals surface area contributed by atoms with E-state index >= 15 is 0 Å². The third kappa shape index (κ3) is 3.18. The van der Waals surface area contributed by atoms with E-state index in [9.17, 15) is 9.59 Å². The molecule has 0 aliphatic carbocycles. The van der Waals surface area contributed by atoms with E-state index in [1.165, 1.54) is 0 Å². The van der Waals surface area contributed by atoms with Gasteiger partial charge in [-0.25, -0.2) is 0 Å². The van der Waals surface area contributed by atoms with Crippen LogP contribution in [0.5, 0.6) is 0 Å². The van der Waals surface area contributed by atoms with Crippen molar-refractivity contribution >= 4 is 11.9 Å². The molecule has 4 nitrogen and oxygen atoms in total. The molecule has 1 heterocycles. The molecule has 20 heavy (non-hydrogen) atoms. The lowest BCUT2D eigenvalue weighted by Gasteiger charge is -2.32. The molecule has 1 fully saturated rings. The molecule has 0 aromatic heterocycles. The molecule has 108 valence electrons. The second kappa shape index (κ2) is 6.07. The lowest BCUT2D eigenvalue weighted by Crippen LogP contribution is -2.40. The quantitative estimate of drug-likeness (QED) is 0.922. The summed E-state index contributed by atoms with van der Waals surface area (Å²) < 4.78 is 0. The highest BCUT2D eigenvalue weighted by Crippen LogP contribution is 2.23. The first kappa shape index (κ1) is 14.6. The Morgan fingerprint density at radius 3 is 2.80 bits per heavy atom. The van der Waals surface area contributed by atoms with Crippen molar-refractivity contribution in [3.63, 3.8) is 0 Å². The van der Waals surface area contributed by atoms with Gasteiger partial charge in [-0.15, -0.1) is 0 Å². The molecule has 0 radical (unpaired) electrons. The fourth-order valence-corrected chi connectivity index (χ4v) is 2.82. The lowest BCUT2D eigenvalue weighted by atomic mass is 9.93. The van der Waals surface area contributed by atoms with E-state index in [-0.39, 0.29) is 18.2 Å². The number of hydrogen-bond donors (Lipinski definition) is 1. The van der Waals surface area contributed by atoms with E-state index in [0.29, 0.717) is 6.54 Å². The molecule has 1 unspecified atom stereocenters. The molecule has 1 aromatic rings. The number of benzene rings is 1. The van der Waals surface area contributed by atoms with Gasteiger partial charge in [0.15, 0.2) is 0 Å². The molecule has 0 saturated carbocycles. The van der Waals surface area contributed by atoms with Gasteiger partial charge in [-0.3, -0.25) is 9.59 Å². The summed E-state index contributed by atoms with van der Waals surface area (Å²) in [5.74, 6) is -0.673. The average Bonchev–Trinajstić information content (AvgIpc) is 2.41. The van der Waals surface area contributed by atoms with Crippen molar-refractivity contribution in [2.75, 3.05) is 13.1 Å². The summed E-state index contributed by atoms with van der Waals surface area (Å²) in [6.45, 7) is 5.23. The SMILES string of the molecule is Cc1cccc(C(=O)N2CCCC(CC(=O)O)C2)c1C. The number of carbonyl (C=O) groups excluding carboxylic acids is 1. The zero-order valence-corrected chi connectivity index (χ0v) is 12.1. The van der Waals surface area contributed by atoms with Crippen molar-refractivity contribution in [3.8, 4) is 0 Å². The highest BCUT2D eigenvalue weighted by atomic mass is 16.4. The second-order valence-electron chi connectivity index (χ2n) is 5.60. The van der Waals surface area contributed by atoms with Gasteiger partial charge in [0.1, 0.15) is 0 Å². The van der Waals surface area contributed by atoms with Gasteiger partial charge in [0.2, 0.25) is 0 Å². The Kier molecular flexibility index (Phi) is 4.42. The molecule has 1 N–H and O–H groups in total. The molecule has 1 aliphatic rings. The van der Waals surface area contributed by atoms with Crippen LogP contribution in [0.3, 0.4) is 0 Å². The number of hydrogen-bond acceptors (Lipinski definition) is 2. The highest BCUT2D eigenvalue weighted by Gasteiger charge is 2.26. The van der Waals surface area contributed by atoms with Crippen LogP contribution in [0.25, 0.3) is 0 Å². The van der Waals surface area contributed by atoms with Gasteiger partial charge in [0.25, 0.3) is 5.91 Å². The van der Waals surface area contributed by atoms with E-state index in [0.717, 1.165) is 36.1 Å². The minimum Gasteiger partial charge on any atom is -0.481 e. The normalized spacial score (nSPS) is 18.9. The summed E-state index contributed by atoms with van der Waals surface area (Å²) in [7, 11) is 0. The standard InChI is InChI=1S/C16H21NO3/c1-11-5-3-7-14(12(11)2)16(20)17-8-4-6-13(10-17)9-15(18)19/h3,5,7,13H,4,6,8-10H2,1-2H3,(H,18,19). The van der Waals surface area contributed by atoms with Crippen LogP contribution in [0.1, 0.15) is 40.7 Å². The highest BCUT2D eigenvalue weighted by molar-refractivity contribution is 5.96. The third-order valence-electron chi connectivity index (χ3n) is 4.10. The number of rotatable bonds is 3. The maximum Gasteiger partial charge on any atom is 0.303 e.